The molecule has 0 bridgehead atoms. The molecule has 2 aromatic rings. The lowest BCUT2D eigenvalue weighted by Crippen LogP contribution is -2.30. The van der Waals surface area contributed by atoms with Crippen LogP contribution >= 0.6 is 0 Å². The van der Waals surface area contributed by atoms with Crippen LogP contribution in [0.5, 0.6) is 0 Å². The number of likely N-dealkylation sites (tertiary alicyclic amines) is 1. The minimum absolute atomic E-state index is 0.136. The molecule has 4 N–H and O–H groups in total. The Labute approximate surface area is 288 Å². The molecule has 0 radical (unpaired) electrons. The fourth-order valence-corrected chi connectivity index (χ4v) is 6.93. The van der Waals surface area contributed by atoms with Crippen molar-refractivity contribution >= 4 is 35.6 Å². The van der Waals surface area contributed by atoms with Crippen LogP contribution in [0.3, 0.4) is 0 Å². The molecule has 10 heteroatoms. The first-order chi connectivity index (χ1) is 23.3. The van der Waals surface area contributed by atoms with E-state index in [1.165, 1.54) is 57.9 Å². The number of aromatic nitrogens is 1. The molecule has 1 aromatic carbocycles. The fraction of sp³-hybridized carbons (Fsp3) is 0.711. The van der Waals surface area contributed by atoms with Gasteiger partial charge >= 0.3 is 0 Å². The maximum absolute atomic E-state index is 11.9. The maximum Gasteiger partial charge on any atom is 0.211 e. The molecule has 4 unspecified atom stereocenters. The Morgan fingerprint density at radius 1 is 1.08 bits per heavy atom. The summed E-state index contributed by atoms with van der Waals surface area (Å²) in [7, 11) is 4.04. The monoisotopic (exact) mass is 674 g/mol. The van der Waals surface area contributed by atoms with Gasteiger partial charge in [0, 0.05) is 61.5 Å². The molecule has 3 heterocycles. The molecule has 1 saturated carbocycles. The molecule has 0 spiro atoms. The highest BCUT2D eigenvalue weighted by molar-refractivity contribution is 5.91. The van der Waals surface area contributed by atoms with Crippen LogP contribution in [0.2, 0.25) is 0 Å². The summed E-state index contributed by atoms with van der Waals surface area (Å²) in [6, 6.07) is 7.62. The second-order valence-corrected chi connectivity index (χ2v) is 13.6. The van der Waals surface area contributed by atoms with E-state index in [4.69, 9.17) is 15.2 Å². The quantitative estimate of drug-likeness (QED) is 0.192. The van der Waals surface area contributed by atoms with E-state index < -0.39 is 6.67 Å². The molecule has 3 aliphatic rings. The second-order valence-electron chi connectivity index (χ2n) is 13.6. The molecule has 3 fully saturated rings. The summed E-state index contributed by atoms with van der Waals surface area (Å²) in [5, 5.41) is 3.45. The first-order valence-electron chi connectivity index (χ1n) is 18.1. The normalized spacial score (nSPS) is 21.4. The third-order valence-corrected chi connectivity index (χ3v) is 10.2. The largest absolute Gasteiger partial charge is 0.384 e. The van der Waals surface area contributed by atoms with Gasteiger partial charge in [-0.2, -0.15) is 0 Å². The van der Waals surface area contributed by atoms with Gasteiger partial charge in [-0.25, -0.2) is 4.39 Å². The predicted octanol–water partition coefficient (Wildman–Crippen LogP) is 7.19. The zero-order valence-corrected chi connectivity index (χ0v) is 30.0. The Bertz CT molecular complexity index is 1150. The number of methoxy groups -OCH3 is 1. The van der Waals surface area contributed by atoms with Crippen molar-refractivity contribution in [3.05, 3.63) is 30.0 Å². The molecule has 272 valence electrons. The summed E-state index contributed by atoms with van der Waals surface area (Å²) in [6.07, 6.45) is 16.9. The molecule has 4 atom stereocenters. The number of benzene rings is 1. The van der Waals surface area contributed by atoms with Gasteiger partial charge in [-0.05, 0) is 101 Å². The van der Waals surface area contributed by atoms with E-state index in [-0.39, 0.29) is 12.0 Å². The zero-order valence-electron chi connectivity index (χ0n) is 30.0. The Kier molecular flexibility index (Phi) is 21.2. The molecule has 1 aliphatic carbocycles. The van der Waals surface area contributed by atoms with Crippen molar-refractivity contribution in [2.75, 3.05) is 52.5 Å². The van der Waals surface area contributed by atoms with Crippen molar-refractivity contribution < 1.29 is 28.2 Å². The van der Waals surface area contributed by atoms with Crippen molar-refractivity contribution in [2.45, 2.75) is 103 Å². The summed E-state index contributed by atoms with van der Waals surface area (Å²) in [5.74, 6) is 2.97. The topological polar surface area (TPSA) is 127 Å². The number of alkyl halides is 1. The van der Waals surface area contributed by atoms with Gasteiger partial charge in [-0.15, -0.1) is 0 Å². The van der Waals surface area contributed by atoms with Crippen LogP contribution in [0.4, 0.5) is 10.1 Å². The summed E-state index contributed by atoms with van der Waals surface area (Å²) >= 11 is 0. The number of aromatic amines is 1. The number of carbonyl (C=O) groups excluding carboxylic acids is 3. The molecule has 1 amide bonds. The highest BCUT2D eigenvalue weighted by Gasteiger charge is 2.34. The minimum Gasteiger partial charge on any atom is -0.384 e. The molecule has 9 nitrogen and oxygen atoms in total. The van der Waals surface area contributed by atoms with Gasteiger partial charge in [0.2, 0.25) is 6.41 Å². The number of fused-ring (bicyclic) bond motifs is 1. The lowest BCUT2D eigenvalue weighted by Gasteiger charge is -2.31. The van der Waals surface area contributed by atoms with Crippen molar-refractivity contribution in [2.24, 2.45) is 29.4 Å². The van der Waals surface area contributed by atoms with Crippen LogP contribution in [0.15, 0.2) is 24.3 Å². The van der Waals surface area contributed by atoms with Crippen LogP contribution < -0.4 is 11.1 Å². The first kappa shape index (κ1) is 41.5. The highest BCUT2D eigenvalue weighted by Crippen LogP contribution is 2.37. The molecule has 2 saturated heterocycles. The standard InChI is InChI=1S/C12H23N.C10H8N2O2.C9H18FNO.C7H14O2/c1-10-12(8-9-13(10)2)11-6-4-3-5-7-11;13-5-9-4-7-3-8(11-6-14)1-2-10(7)12-9;1-2-8(7-12)4-3-5-9(11)6-10;1-8-6-7-2-4-9-5-3-7/h10-12H,3-9H2,1-2H3;1-6,12H,(H,11,14);7-9H,2-6,11H2,1H3;7H,2-6H2,1H3. The van der Waals surface area contributed by atoms with Gasteiger partial charge in [0.25, 0.3) is 0 Å². The Morgan fingerprint density at radius 3 is 2.38 bits per heavy atom. The summed E-state index contributed by atoms with van der Waals surface area (Å²) in [4.78, 5) is 36.5. The third kappa shape index (κ3) is 15.3. The number of hydrogen-bond donors (Lipinski definition) is 3. The first-order valence-corrected chi connectivity index (χ1v) is 18.1. The van der Waals surface area contributed by atoms with Crippen molar-refractivity contribution in [3.8, 4) is 0 Å². The van der Waals surface area contributed by atoms with Gasteiger partial charge in [0.1, 0.15) is 13.0 Å². The van der Waals surface area contributed by atoms with Gasteiger partial charge in [0.05, 0.1) is 5.69 Å². The number of anilines is 1. The summed E-state index contributed by atoms with van der Waals surface area (Å²) in [5.41, 5.74) is 7.50. The van der Waals surface area contributed by atoms with E-state index in [0.717, 1.165) is 86.4 Å². The lowest BCUT2D eigenvalue weighted by atomic mass is 9.77. The number of amides is 1. The van der Waals surface area contributed by atoms with Gasteiger partial charge in [0.15, 0.2) is 6.29 Å². The number of nitrogens with zero attached hydrogens (tertiary/aromatic N) is 1. The van der Waals surface area contributed by atoms with Crippen molar-refractivity contribution in [1.82, 2.24) is 9.88 Å². The number of nitrogens with one attached hydrogen (secondary N) is 2. The number of ether oxygens (including phenoxy) is 2. The molecular formula is C38H63FN4O5. The van der Waals surface area contributed by atoms with E-state index in [1.54, 1.807) is 25.3 Å². The molecule has 48 heavy (non-hydrogen) atoms. The SMILES string of the molecule is CC1C(C2CCCCC2)CCN1C.CCC(C=O)CCCC(N)CF.COCC1CCOCC1.O=CNc1ccc2[nH]c(C=O)cc2c1. The van der Waals surface area contributed by atoms with Crippen molar-refractivity contribution in [3.63, 3.8) is 0 Å². The van der Waals surface area contributed by atoms with Gasteiger partial charge < -0.3 is 35.2 Å². The van der Waals surface area contributed by atoms with E-state index in [0.29, 0.717) is 24.2 Å². The molecular weight excluding hydrogens is 611 g/mol. The van der Waals surface area contributed by atoms with E-state index in [1.807, 2.05) is 13.0 Å². The van der Waals surface area contributed by atoms with E-state index in [2.05, 4.69) is 29.2 Å². The zero-order chi connectivity index (χ0) is 35.1. The number of hydrogen-bond acceptors (Lipinski definition) is 7. The highest BCUT2D eigenvalue weighted by atomic mass is 19.1. The smallest absolute Gasteiger partial charge is 0.211 e. The summed E-state index contributed by atoms with van der Waals surface area (Å²) < 4.78 is 22.1. The average Bonchev–Trinajstić information content (AvgIpc) is 3.70. The van der Waals surface area contributed by atoms with Gasteiger partial charge in [-0.3, -0.25) is 9.59 Å². The molecule has 1 aromatic heterocycles. The number of H-pyrrole nitrogens is 1. The van der Waals surface area contributed by atoms with Crippen molar-refractivity contribution in [1.29, 1.82) is 0 Å². The number of nitrogens with two attached hydrogens (primary N) is 1. The number of halogens is 1. The lowest BCUT2D eigenvalue weighted by molar-refractivity contribution is -0.111. The fourth-order valence-electron chi connectivity index (χ4n) is 6.93. The molecule has 5 rings (SSSR count). The van der Waals surface area contributed by atoms with Crippen LogP contribution in [-0.2, 0) is 19.1 Å². The van der Waals surface area contributed by atoms with Crippen LogP contribution in [0.1, 0.15) is 101 Å². The van der Waals surface area contributed by atoms with Gasteiger partial charge in [-0.1, -0.05) is 45.4 Å². The Morgan fingerprint density at radius 2 is 1.81 bits per heavy atom. The molecule has 2 aliphatic heterocycles. The number of rotatable bonds is 13. The second kappa shape index (κ2) is 24.5. The Balaban J connectivity index is 0.000000225. The summed E-state index contributed by atoms with van der Waals surface area (Å²) in [6.45, 7) is 8.03. The van der Waals surface area contributed by atoms with Crippen LogP contribution in [0.25, 0.3) is 10.9 Å². The Hall–Kier alpha value is -2.66. The van der Waals surface area contributed by atoms with E-state index >= 15 is 0 Å². The number of carbonyl (C=O) groups is 3. The predicted molar refractivity (Wildman–Crippen MR) is 193 cm³/mol. The average molecular weight is 675 g/mol. The number of aldehydes is 2. The minimum atomic E-state index is -0.460. The van der Waals surface area contributed by atoms with E-state index in [9.17, 15) is 18.8 Å². The van der Waals surface area contributed by atoms with Crippen LogP contribution in [-0.4, -0.2) is 88.1 Å². The third-order valence-electron chi connectivity index (χ3n) is 10.2. The van der Waals surface area contributed by atoms with Crippen LogP contribution in [0, 0.1) is 23.7 Å². The maximum atomic E-state index is 11.9.